The van der Waals surface area contributed by atoms with Gasteiger partial charge in [0.1, 0.15) is 5.75 Å². The Bertz CT molecular complexity index is 672. The topological polar surface area (TPSA) is 50.4 Å². The number of hydrogen-bond donors (Lipinski definition) is 2. The van der Waals surface area contributed by atoms with Gasteiger partial charge in [-0.2, -0.15) is 0 Å². The molecule has 0 bridgehead atoms. The van der Waals surface area contributed by atoms with E-state index in [1.54, 1.807) is 0 Å². The molecule has 0 heterocycles. The number of anilines is 1. The molecule has 0 radical (unpaired) electrons. The fourth-order valence-corrected chi connectivity index (χ4v) is 2.48. The Morgan fingerprint density at radius 2 is 1.77 bits per heavy atom. The number of nitrogens with one attached hydrogen (secondary N) is 2. The lowest BCUT2D eigenvalue weighted by Gasteiger charge is -2.12. The zero-order valence-corrected chi connectivity index (χ0v) is 16.6. The molecule has 2 aromatic rings. The molecule has 142 valence electrons. The van der Waals surface area contributed by atoms with Crippen LogP contribution in [0.25, 0.3) is 0 Å². The number of halogens is 1. The summed E-state index contributed by atoms with van der Waals surface area (Å²) in [5.41, 5.74) is 3.22. The molecule has 0 spiro atoms. The van der Waals surface area contributed by atoms with Crippen molar-refractivity contribution in [1.82, 2.24) is 5.32 Å². The van der Waals surface area contributed by atoms with Gasteiger partial charge in [-0.05, 0) is 41.8 Å². The Labute approximate surface area is 162 Å². The van der Waals surface area contributed by atoms with Crippen molar-refractivity contribution in [2.24, 2.45) is 0 Å². The van der Waals surface area contributed by atoms with Gasteiger partial charge < -0.3 is 15.4 Å². The summed E-state index contributed by atoms with van der Waals surface area (Å²) < 4.78 is 5.67. The number of rotatable bonds is 9. The molecule has 4 nitrogen and oxygen atoms in total. The highest BCUT2D eigenvalue weighted by atomic mass is 35.5. The second-order valence-corrected chi connectivity index (χ2v) is 6.31. The maximum atomic E-state index is 12.2. The van der Waals surface area contributed by atoms with Crippen molar-refractivity contribution < 1.29 is 9.53 Å². The summed E-state index contributed by atoms with van der Waals surface area (Å²) >= 11 is 0. The Morgan fingerprint density at radius 1 is 1.08 bits per heavy atom. The molecule has 0 saturated heterocycles. The van der Waals surface area contributed by atoms with Crippen molar-refractivity contribution in [2.45, 2.75) is 39.7 Å². The molecule has 0 atom stereocenters. The van der Waals surface area contributed by atoms with Crippen LogP contribution in [0.2, 0.25) is 0 Å². The van der Waals surface area contributed by atoms with Crippen LogP contribution in [0.5, 0.6) is 5.75 Å². The third kappa shape index (κ3) is 7.06. The lowest BCUT2D eigenvalue weighted by Crippen LogP contribution is -2.18. The molecule has 2 N–H and O–H groups in total. The van der Waals surface area contributed by atoms with Gasteiger partial charge in [0.25, 0.3) is 0 Å². The van der Waals surface area contributed by atoms with Crippen LogP contribution in [0.4, 0.5) is 5.69 Å². The fraction of sp³-hybridized carbons (Fsp3) is 0.381. The molecular weight excluding hydrogens is 348 g/mol. The monoisotopic (exact) mass is 376 g/mol. The van der Waals surface area contributed by atoms with Crippen LogP contribution >= 0.6 is 12.4 Å². The second-order valence-electron chi connectivity index (χ2n) is 6.31. The van der Waals surface area contributed by atoms with Crippen LogP contribution in [-0.2, 0) is 11.3 Å². The molecule has 1 amide bonds. The van der Waals surface area contributed by atoms with E-state index in [4.69, 9.17) is 4.74 Å². The van der Waals surface area contributed by atoms with Crippen molar-refractivity contribution >= 4 is 24.0 Å². The minimum absolute atomic E-state index is 0. The number of para-hydroxylation sites is 1. The van der Waals surface area contributed by atoms with Crippen molar-refractivity contribution in [2.75, 3.05) is 18.5 Å². The average molecular weight is 377 g/mol. The van der Waals surface area contributed by atoms with E-state index < -0.39 is 0 Å². The van der Waals surface area contributed by atoms with Crippen molar-refractivity contribution in [3.63, 3.8) is 0 Å². The quantitative estimate of drug-likeness (QED) is 0.664. The van der Waals surface area contributed by atoms with Crippen LogP contribution in [0.15, 0.2) is 48.5 Å². The number of amides is 1. The molecule has 0 fully saturated rings. The molecule has 0 aliphatic carbocycles. The van der Waals surface area contributed by atoms with Crippen molar-refractivity contribution in [3.05, 3.63) is 59.7 Å². The average Bonchev–Trinajstić information content (AvgIpc) is 2.61. The van der Waals surface area contributed by atoms with Gasteiger partial charge in [-0.3, -0.25) is 4.79 Å². The summed E-state index contributed by atoms with van der Waals surface area (Å²) in [6, 6.07) is 15.9. The summed E-state index contributed by atoms with van der Waals surface area (Å²) in [6.45, 7) is 8.38. The van der Waals surface area contributed by atoms with Gasteiger partial charge in [-0.1, -0.05) is 51.1 Å². The Kier molecular flexibility index (Phi) is 9.78. The van der Waals surface area contributed by atoms with Gasteiger partial charge in [0.2, 0.25) is 5.91 Å². The van der Waals surface area contributed by atoms with Crippen LogP contribution < -0.4 is 15.4 Å². The first-order valence-corrected chi connectivity index (χ1v) is 8.91. The Morgan fingerprint density at radius 3 is 2.42 bits per heavy atom. The van der Waals surface area contributed by atoms with E-state index in [1.807, 2.05) is 36.4 Å². The second kappa shape index (κ2) is 11.6. The Hall–Kier alpha value is -2.04. The fourth-order valence-electron chi connectivity index (χ4n) is 2.48. The van der Waals surface area contributed by atoms with Crippen LogP contribution in [-0.4, -0.2) is 19.1 Å². The smallest absolute Gasteiger partial charge is 0.227 e. The highest BCUT2D eigenvalue weighted by molar-refractivity contribution is 5.91. The highest BCUT2D eigenvalue weighted by Crippen LogP contribution is 2.19. The molecule has 0 aromatic heterocycles. The molecule has 0 aliphatic rings. The lowest BCUT2D eigenvalue weighted by molar-refractivity contribution is -0.116. The van der Waals surface area contributed by atoms with Gasteiger partial charge in [0, 0.05) is 12.2 Å². The molecule has 0 saturated carbocycles. The summed E-state index contributed by atoms with van der Waals surface area (Å²) in [7, 11) is 0. The molecule has 5 heteroatoms. The van der Waals surface area contributed by atoms with Crippen molar-refractivity contribution in [3.8, 4) is 5.75 Å². The van der Waals surface area contributed by atoms with Gasteiger partial charge >= 0.3 is 0 Å². The van der Waals surface area contributed by atoms with Crippen LogP contribution in [0, 0.1) is 0 Å². The number of carbonyl (C=O) groups is 1. The number of ether oxygens (including phenoxy) is 1. The van der Waals surface area contributed by atoms with Gasteiger partial charge in [0.05, 0.1) is 13.0 Å². The largest absolute Gasteiger partial charge is 0.493 e. The first kappa shape index (κ1) is 22.0. The first-order valence-electron chi connectivity index (χ1n) is 8.91. The molecule has 0 unspecified atom stereocenters. The van der Waals surface area contributed by atoms with E-state index in [0.717, 1.165) is 30.1 Å². The third-order valence-electron chi connectivity index (χ3n) is 4.00. The normalized spacial score (nSPS) is 10.3. The van der Waals surface area contributed by atoms with E-state index in [-0.39, 0.29) is 18.3 Å². The maximum absolute atomic E-state index is 12.2. The minimum Gasteiger partial charge on any atom is -0.493 e. The van der Waals surface area contributed by atoms with Crippen LogP contribution in [0.3, 0.4) is 0 Å². The predicted octanol–water partition coefficient (Wildman–Crippen LogP) is 4.75. The molecule has 2 aromatic carbocycles. The Balaban J connectivity index is 0.00000338. The number of carbonyl (C=O) groups excluding carboxylic acids is 1. The first-order chi connectivity index (χ1) is 12.1. The molecule has 2 rings (SSSR count). The minimum atomic E-state index is -0.0391. The van der Waals surface area contributed by atoms with Gasteiger partial charge in [-0.15, -0.1) is 12.4 Å². The van der Waals surface area contributed by atoms with Gasteiger partial charge in [-0.25, -0.2) is 0 Å². The SMILES string of the molecule is CCNCc1ccccc1NC(=O)CCOc1ccc(C(C)C)cc1.Cl. The van der Waals surface area contributed by atoms with E-state index in [1.165, 1.54) is 5.56 Å². The summed E-state index contributed by atoms with van der Waals surface area (Å²) in [5.74, 6) is 1.26. The molecule has 0 aliphatic heterocycles. The van der Waals surface area contributed by atoms with Crippen LogP contribution in [0.1, 0.15) is 44.2 Å². The van der Waals surface area contributed by atoms with Crippen molar-refractivity contribution in [1.29, 1.82) is 0 Å². The zero-order valence-electron chi connectivity index (χ0n) is 15.7. The van der Waals surface area contributed by atoms with E-state index in [2.05, 4.69) is 43.5 Å². The number of benzene rings is 2. The predicted molar refractivity (Wildman–Crippen MR) is 110 cm³/mol. The van der Waals surface area contributed by atoms with Gasteiger partial charge in [0.15, 0.2) is 0 Å². The summed E-state index contributed by atoms with van der Waals surface area (Å²) in [4.78, 5) is 12.2. The van der Waals surface area contributed by atoms with E-state index in [9.17, 15) is 4.79 Å². The molecular formula is C21H29ClN2O2. The lowest BCUT2D eigenvalue weighted by atomic mass is 10.0. The standard InChI is InChI=1S/C21H28N2O2.ClH/c1-4-22-15-18-7-5-6-8-20(18)23-21(24)13-14-25-19-11-9-17(10-12-19)16(2)3;/h5-12,16,22H,4,13-15H2,1-3H3,(H,23,24);1H. The summed E-state index contributed by atoms with van der Waals surface area (Å²) in [6.07, 6.45) is 0.321. The zero-order chi connectivity index (χ0) is 18.1. The number of hydrogen-bond acceptors (Lipinski definition) is 3. The third-order valence-corrected chi connectivity index (χ3v) is 4.00. The van der Waals surface area contributed by atoms with E-state index >= 15 is 0 Å². The van der Waals surface area contributed by atoms with E-state index in [0.29, 0.717) is 18.9 Å². The maximum Gasteiger partial charge on any atom is 0.227 e. The highest BCUT2D eigenvalue weighted by Gasteiger charge is 2.07. The molecule has 26 heavy (non-hydrogen) atoms. The summed E-state index contributed by atoms with van der Waals surface area (Å²) in [5, 5.41) is 6.25.